The lowest BCUT2D eigenvalue weighted by molar-refractivity contribution is 0.0992. The van der Waals surface area contributed by atoms with Crippen LogP contribution in [0.1, 0.15) is 16.3 Å². The second-order valence-corrected chi connectivity index (χ2v) is 5.75. The van der Waals surface area contributed by atoms with Crippen molar-refractivity contribution in [3.05, 3.63) is 78.0 Å². The van der Waals surface area contributed by atoms with Crippen molar-refractivity contribution in [1.29, 1.82) is 0 Å². The maximum Gasteiger partial charge on any atom is 0.318 e. The molecule has 0 saturated carbocycles. The number of rotatable bonds is 6. The summed E-state index contributed by atoms with van der Waals surface area (Å²) in [6.07, 6.45) is 0. The second kappa shape index (κ2) is 8.72. The van der Waals surface area contributed by atoms with Gasteiger partial charge in [-0.05, 0) is 54.6 Å². The highest BCUT2D eigenvalue weighted by Crippen LogP contribution is 2.18. The lowest BCUT2D eigenvalue weighted by Crippen LogP contribution is -2.24. The van der Waals surface area contributed by atoms with Crippen LogP contribution in [0.5, 0.6) is 5.75 Å². The molecule has 0 aliphatic carbocycles. The number of carbonyl (C=O) groups excluding carboxylic acids is 2. The second-order valence-electron chi connectivity index (χ2n) is 5.75. The van der Waals surface area contributed by atoms with Gasteiger partial charge in [-0.3, -0.25) is 4.79 Å². The van der Waals surface area contributed by atoms with Gasteiger partial charge in [-0.2, -0.15) is 0 Å². The van der Waals surface area contributed by atoms with E-state index in [0.29, 0.717) is 22.9 Å². The molecule has 0 unspecified atom stereocenters. The molecule has 0 radical (unpaired) electrons. The van der Waals surface area contributed by atoms with Gasteiger partial charge in [-0.1, -0.05) is 6.07 Å². The molecular weight excluding hydrogens is 365 g/mol. The van der Waals surface area contributed by atoms with Crippen molar-refractivity contribution in [3.8, 4) is 5.75 Å². The Bertz CT molecular complexity index is 970. The Morgan fingerprint density at radius 2 is 1.71 bits per heavy atom. The summed E-state index contributed by atoms with van der Waals surface area (Å²) in [6, 6.07) is 15.1. The normalized spacial score (nSPS) is 10.2. The first-order valence-corrected chi connectivity index (χ1v) is 8.41. The van der Waals surface area contributed by atoms with Crippen LogP contribution in [0.2, 0.25) is 0 Å². The summed E-state index contributed by atoms with van der Waals surface area (Å²) in [5.74, 6) is 0.264. The van der Waals surface area contributed by atoms with Gasteiger partial charge < -0.3 is 25.1 Å². The molecule has 0 aliphatic heterocycles. The Balaban J connectivity index is 1.58. The standard InChI is InChI=1S/C20H18FN3O4/c1-22-20(26)24-15-4-2-3-14(11-15)23-19(25)18-10-9-17(28-18)12-27-16-7-5-13(21)6-8-16/h2-11H,12H2,1H3,(H,23,25)(H2,22,24,26). The first-order valence-electron chi connectivity index (χ1n) is 8.41. The van der Waals surface area contributed by atoms with Crippen LogP contribution >= 0.6 is 0 Å². The van der Waals surface area contributed by atoms with E-state index in [1.165, 1.54) is 37.4 Å². The maximum absolute atomic E-state index is 12.9. The molecular formula is C20H18FN3O4. The first kappa shape index (κ1) is 19.0. The Kier molecular flexibility index (Phi) is 5.91. The summed E-state index contributed by atoms with van der Waals surface area (Å²) in [5.41, 5.74) is 1.03. The van der Waals surface area contributed by atoms with Gasteiger partial charge in [0, 0.05) is 18.4 Å². The number of nitrogens with one attached hydrogen (secondary N) is 3. The number of ether oxygens (including phenoxy) is 1. The quantitative estimate of drug-likeness (QED) is 0.600. The third kappa shape index (κ3) is 5.10. The van der Waals surface area contributed by atoms with Gasteiger partial charge in [0.15, 0.2) is 5.76 Å². The summed E-state index contributed by atoms with van der Waals surface area (Å²) in [7, 11) is 1.51. The molecule has 3 aromatic rings. The predicted molar refractivity (Wildman–Crippen MR) is 102 cm³/mol. The van der Waals surface area contributed by atoms with Crippen molar-refractivity contribution in [2.24, 2.45) is 0 Å². The molecule has 3 rings (SSSR count). The van der Waals surface area contributed by atoms with Crippen molar-refractivity contribution in [2.75, 3.05) is 17.7 Å². The number of hydrogen-bond donors (Lipinski definition) is 3. The van der Waals surface area contributed by atoms with Crippen LogP contribution in [0.4, 0.5) is 20.6 Å². The lowest BCUT2D eigenvalue weighted by atomic mass is 10.2. The zero-order chi connectivity index (χ0) is 19.9. The highest BCUT2D eigenvalue weighted by Gasteiger charge is 2.12. The Labute approximate surface area is 160 Å². The molecule has 0 saturated heterocycles. The summed E-state index contributed by atoms with van der Waals surface area (Å²) in [5, 5.41) is 7.76. The number of carbonyl (C=O) groups is 2. The van der Waals surface area contributed by atoms with Crippen molar-refractivity contribution in [1.82, 2.24) is 5.32 Å². The van der Waals surface area contributed by atoms with Crippen LogP contribution in [-0.4, -0.2) is 19.0 Å². The van der Waals surface area contributed by atoms with Crippen molar-refractivity contribution in [3.63, 3.8) is 0 Å². The molecule has 7 nitrogen and oxygen atoms in total. The fourth-order valence-corrected chi connectivity index (χ4v) is 2.32. The van der Waals surface area contributed by atoms with E-state index in [1.54, 1.807) is 30.3 Å². The number of furan rings is 1. The fourth-order valence-electron chi connectivity index (χ4n) is 2.32. The van der Waals surface area contributed by atoms with Crippen LogP contribution in [-0.2, 0) is 6.61 Å². The number of hydrogen-bond acceptors (Lipinski definition) is 4. The van der Waals surface area contributed by atoms with Crippen LogP contribution in [0.15, 0.2) is 65.1 Å². The van der Waals surface area contributed by atoms with Gasteiger partial charge in [0.25, 0.3) is 5.91 Å². The van der Waals surface area contributed by atoms with Gasteiger partial charge in [-0.25, -0.2) is 9.18 Å². The number of halogens is 1. The SMILES string of the molecule is CNC(=O)Nc1cccc(NC(=O)c2ccc(COc3ccc(F)cc3)o2)c1. The van der Waals surface area contributed by atoms with Gasteiger partial charge in [-0.15, -0.1) is 0 Å². The molecule has 2 aromatic carbocycles. The Morgan fingerprint density at radius 3 is 2.43 bits per heavy atom. The summed E-state index contributed by atoms with van der Waals surface area (Å²) >= 11 is 0. The average molecular weight is 383 g/mol. The van der Waals surface area contributed by atoms with E-state index in [-0.39, 0.29) is 24.2 Å². The van der Waals surface area contributed by atoms with E-state index in [1.807, 2.05) is 0 Å². The van der Waals surface area contributed by atoms with E-state index in [2.05, 4.69) is 16.0 Å². The van der Waals surface area contributed by atoms with Crippen molar-refractivity contribution >= 4 is 23.3 Å². The van der Waals surface area contributed by atoms with E-state index in [0.717, 1.165) is 0 Å². The number of anilines is 2. The maximum atomic E-state index is 12.9. The van der Waals surface area contributed by atoms with Gasteiger partial charge in [0.1, 0.15) is 23.9 Å². The minimum Gasteiger partial charge on any atom is -0.486 e. The monoisotopic (exact) mass is 383 g/mol. The fraction of sp³-hybridized carbons (Fsp3) is 0.100. The third-order valence-corrected chi connectivity index (χ3v) is 3.69. The van der Waals surface area contributed by atoms with Crippen molar-refractivity contribution in [2.45, 2.75) is 6.61 Å². The zero-order valence-corrected chi connectivity index (χ0v) is 15.0. The highest BCUT2D eigenvalue weighted by atomic mass is 19.1. The molecule has 1 aromatic heterocycles. The molecule has 3 amide bonds. The smallest absolute Gasteiger partial charge is 0.318 e. The van der Waals surface area contributed by atoms with Crippen LogP contribution < -0.4 is 20.7 Å². The molecule has 0 fully saturated rings. The Hall–Kier alpha value is -3.81. The topological polar surface area (TPSA) is 92.6 Å². The molecule has 28 heavy (non-hydrogen) atoms. The van der Waals surface area contributed by atoms with E-state index >= 15 is 0 Å². The van der Waals surface area contributed by atoms with E-state index in [4.69, 9.17) is 9.15 Å². The minimum atomic E-state index is -0.440. The summed E-state index contributed by atoms with van der Waals surface area (Å²) in [6.45, 7) is 0.102. The highest BCUT2D eigenvalue weighted by molar-refractivity contribution is 6.02. The van der Waals surface area contributed by atoms with Crippen LogP contribution in [0, 0.1) is 5.82 Å². The van der Waals surface area contributed by atoms with Crippen molar-refractivity contribution < 1.29 is 23.1 Å². The molecule has 0 bridgehead atoms. The largest absolute Gasteiger partial charge is 0.486 e. The van der Waals surface area contributed by atoms with Crippen LogP contribution in [0.25, 0.3) is 0 Å². The van der Waals surface area contributed by atoms with E-state index in [9.17, 15) is 14.0 Å². The average Bonchev–Trinajstić information content (AvgIpc) is 3.17. The number of urea groups is 1. The Morgan fingerprint density at radius 1 is 1.00 bits per heavy atom. The number of amides is 3. The summed E-state index contributed by atoms with van der Waals surface area (Å²) < 4.78 is 23.9. The molecule has 1 heterocycles. The first-order chi connectivity index (χ1) is 13.5. The molecule has 0 aliphatic rings. The summed E-state index contributed by atoms with van der Waals surface area (Å²) in [4.78, 5) is 23.7. The minimum absolute atomic E-state index is 0.102. The van der Waals surface area contributed by atoms with E-state index < -0.39 is 5.91 Å². The van der Waals surface area contributed by atoms with Gasteiger partial charge >= 0.3 is 6.03 Å². The third-order valence-electron chi connectivity index (χ3n) is 3.69. The van der Waals surface area contributed by atoms with Crippen LogP contribution in [0.3, 0.4) is 0 Å². The molecule has 144 valence electrons. The molecule has 0 spiro atoms. The lowest BCUT2D eigenvalue weighted by Gasteiger charge is -2.07. The molecule has 3 N–H and O–H groups in total. The van der Waals surface area contributed by atoms with Gasteiger partial charge in [0.2, 0.25) is 0 Å². The number of benzene rings is 2. The molecule has 0 atom stereocenters. The zero-order valence-electron chi connectivity index (χ0n) is 15.0. The van der Waals surface area contributed by atoms with Gasteiger partial charge in [0.05, 0.1) is 0 Å². The predicted octanol–water partition coefficient (Wildman–Crippen LogP) is 4.00. The molecule has 8 heteroatoms.